The molecule has 4 bridgehead atoms. The molecule has 1 N–H and O–H groups in total. The highest BCUT2D eigenvalue weighted by molar-refractivity contribution is 5.84. The minimum absolute atomic E-state index is 0.476. The molecule has 4 aliphatic carbocycles. The van der Waals surface area contributed by atoms with E-state index in [4.69, 9.17) is 0 Å². The van der Waals surface area contributed by atoms with Crippen LogP contribution < -0.4 is 5.32 Å². The fourth-order valence-corrected chi connectivity index (χ4v) is 5.89. The van der Waals surface area contributed by atoms with E-state index in [1.54, 1.807) is 0 Å². The van der Waals surface area contributed by atoms with Gasteiger partial charge in [-0.3, -0.25) is 4.99 Å². The van der Waals surface area contributed by atoms with E-state index in [2.05, 4.69) is 28.5 Å². The third-order valence-electron chi connectivity index (χ3n) is 6.41. The van der Waals surface area contributed by atoms with Gasteiger partial charge in [-0.1, -0.05) is 18.2 Å². The highest BCUT2D eigenvalue weighted by atomic mass is 15.0. The number of hydrogen-bond acceptors (Lipinski definition) is 2. The van der Waals surface area contributed by atoms with E-state index < -0.39 is 0 Å². The van der Waals surface area contributed by atoms with Gasteiger partial charge in [-0.05, 0) is 73.0 Å². The highest BCUT2D eigenvalue weighted by Gasteiger charge is 2.50. The first-order valence-electron chi connectivity index (χ1n) is 8.65. The maximum Gasteiger partial charge on any atom is 0.0646 e. The Morgan fingerprint density at radius 2 is 1.76 bits per heavy atom. The molecule has 0 aromatic heterocycles. The lowest BCUT2D eigenvalue weighted by atomic mass is 9.53. The molecule has 1 aromatic carbocycles. The first kappa shape index (κ1) is 12.4. The van der Waals surface area contributed by atoms with Crippen LogP contribution in [-0.2, 0) is 13.1 Å². The van der Waals surface area contributed by atoms with Gasteiger partial charge in [-0.15, -0.1) is 0 Å². The van der Waals surface area contributed by atoms with Crippen LogP contribution in [0.15, 0.2) is 23.2 Å². The Kier molecular flexibility index (Phi) is 2.61. The second-order valence-corrected chi connectivity index (χ2v) is 8.05. The van der Waals surface area contributed by atoms with Crippen LogP contribution in [0.25, 0.3) is 0 Å². The van der Waals surface area contributed by atoms with E-state index in [1.807, 2.05) is 6.21 Å². The molecule has 0 amide bonds. The van der Waals surface area contributed by atoms with Gasteiger partial charge in [-0.25, -0.2) is 0 Å². The smallest absolute Gasteiger partial charge is 0.0646 e. The first-order chi connectivity index (χ1) is 10.3. The fourth-order valence-electron chi connectivity index (χ4n) is 5.89. The predicted molar refractivity (Wildman–Crippen MR) is 85.5 cm³/mol. The summed E-state index contributed by atoms with van der Waals surface area (Å²) in [5, 5.41) is 3.99. The van der Waals surface area contributed by atoms with Crippen molar-refractivity contribution in [3.05, 3.63) is 34.9 Å². The lowest BCUT2D eigenvalue weighted by Gasteiger charge is -2.57. The Balaban J connectivity index is 1.32. The normalized spacial score (nSPS) is 39.0. The van der Waals surface area contributed by atoms with Crippen LogP contribution in [0, 0.1) is 17.8 Å². The molecule has 0 atom stereocenters. The highest BCUT2D eigenvalue weighted by Crippen LogP contribution is 2.55. The van der Waals surface area contributed by atoms with E-state index in [-0.39, 0.29) is 0 Å². The van der Waals surface area contributed by atoms with E-state index in [0.717, 1.165) is 30.8 Å². The van der Waals surface area contributed by atoms with Gasteiger partial charge in [0, 0.05) is 18.3 Å². The lowest BCUT2D eigenvalue weighted by molar-refractivity contribution is -0.0206. The summed E-state index contributed by atoms with van der Waals surface area (Å²) >= 11 is 0. The summed E-state index contributed by atoms with van der Waals surface area (Å²) in [6.07, 6.45) is 10.9. The summed E-state index contributed by atoms with van der Waals surface area (Å²) < 4.78 is 0. The molecule has 5 aliphatic rings. The maximum absolute atomic E-state index is 4.36. The second kappa shape index (κ2) is 4.42. The van der Waals surface area contributed by atoms with Crippen LogP contribution in [-0.4, -0.2) is 11.8 Å². The average molecular weight is 280 g/mol. The van der Waals surface area contributed by atoms with Crippen LogP contribution in [0.3, 0.4) is 0 Å². The molecule has 4 fully saturated rings. The Labute approximate surface area is 127 Å². The third kappa shape index (κ3) is 2.07. The lowest BCUT2D eigenvalue weighted by Crippen LogP contribution is -2.58. The zero-order valence-electron chi connectivity index (χ0n) is 12.6. The summed E-state index contributed by atoms with van der Waals surface area (Å²) in [6, 6.07) is 6.88. The molecule has 4 saturated carbocycles. The number of benzene rings is 1. The number of hydrogen-bond donors (Lipinski definition) is 1. The van der Waals surface area contributed by atoms with E-state index in [9.17, 15) is 0 Å². The van der Waals surface area contributed by atoms with E-state index in [0.29, 0.717) is 5.54 Å². The molecule has 1 aliphatic heterocycles. The van der Waals surface area contributed by atoms with Gasteiger partial charge in [0.25, 0.3) is 0 Å². The quantitative estimate of drug-likeness (QED) is 0.897. The van der Waals surface area contributed by atoms with Crippen LogP contribution in [0.2, 0.25) is 0 Å². The molecule has 110 valence electrons. The number of aliphatic imine (C=N–C) groups is 1. The molecule has 6 rings (SSSR count). The van der Waals surface area contributed by atoms with Crippen molar-refractivity contribution >= 4 is 6.21 Å². The van der Waals surface area contributed by atoms with Gasteiger partial charge in [0.1, 0.15) is 0 Å². The molecule has 0 unspecified atom stereocenters. The molecule has 1 aromatic rings. The summed E-state index contributed by atoms with van der Waals surface area (Å²) in [5.41, 5.74) is 4.63. The van der Waals surface area contributed by atoms with Crippen LogP contribution in [0.4, 0.5) is 0 Å². The monoisotopic (exact) mass is 280 g/mol. The van der Waals surface area contributed by atoms with Crippen molar-refractivity contribution in [2.24, 2.45) is 22.7 Å². The Morgan fingerprint density at radius 3 is 2.48 bits per heavy atom. The van der Waals surface area contributed by atoms with Crippen LogP contribution in [0.5, 0.6) is 0 Å². The second-order valence-electron chi connectivity index (χ2n) is 8.05. The Morgan fingerprint density at radius 1 is 1.05 bits per heavy atom. The fraction of sp³-hybridized carbons (Fsp3) is 0.632. The average Bonchev–Trinajstić information content (AvgIpc) is 2.91. The van der Waals surface area contributed by atoms with Gasteiger partial charge >= 0.3 is 0 Å². The SMILES string of the molecule is C1=NCc2cc(CNC34CC5CC(CC(C5)C3)C4)ccc21. The minimum Gasteiger partial charge on any atom is -0.307 e. The van der Waals surface area contributed by atoms with Gasteiger partial charge < -0.3 is 5.32 Å². The summed E-state index contributed by atoms with van der Waals surface area (Å²) in [7, 11) is 0. The van der Waals surface area contributed by atoms with Crippen LogP contribution in [0.1, 0.15) is 55.2 Å². The van der Waals surface area contributed by atoms with Gasteiger partial charge in [-0.2, -0.15) is 0 Å². The van der Waals surface area contributed by atoms with Crippen molar-refractivity contribution in [2.75, 3.05) is 0 Å². The topological polar surface area (TPSA) is 24.4 Å². The zero-order valence-corrected chi connectivity index (χ0v) is 12.6. The standard InChI is InChI=1S/C19H24N2/c1-2-17-11-20-12-18(17)6-13(1)10-21-19-7-14-3-15(8-19)5-16(4-14)9-19/h1-2,6,11,14-16,21H,3-5,7-10,12H2. The van der Waals surface area contributed by atoms with Gasteiger partial charge in [0.05, 0.1) is 6.54 Å². The summed E-state index contributed by atoms with van der Waals surface area (Å²) in [4.78, 5) is 4.36. The molecule has 0 radical (unpaired) electrons. The molecule has 2 heteroatoms. The molecular formula is C19H24N2. The van der Waals surface area contributed by atoms with E-state index in [1.165, 1.54) is 55.2 Å². The Hall–Kier alpha value is -1.15. The van der Waals surface area contributed by atoms with Crippen molar-refractivity contribution in [1.29, 1.82) is 0 Å². The predicted octanol–water partition coefficient (Wildman–Crippen LogP) is 3.68. The number of fused-ring (bicyclic) bond motifs is 1. The third-order valence-corrected chi connectivity index (χ3v) is 6.41. The Bertz CT molecular complexity index is 566. The van der Waals surface area contributed by atoms with Crippen LogP contribution >= 0.6 is 0 Å². The van der Waals surface area contributed by atoms with Gasteiger partial charge in [0.2, 0.25) is 0 Å². The molecule has 0 spiro atoms. The molecule has 21 heavy (non-hydrogen) atoms. The number of rotatable bonds is 3. The molecular weight excluding hydrogens is 256 g/mol. The minimum atomic E-state index is 0.476. The van der Waals surface area contributed by atoms with Crippen molar-refractivity contribution in [2.45, 2.75) is 57.2 Å². The summed E-state index contributed by atoms with van der Waals surface area (Å²) in [6.45, 7) is 1.92. The summed E-state index contributed by atoms with van der Waals surface area (Å²) in [5.74, 6) is 3.08. The van der Waals surface area contributed by atoms with Gasteiger partial charge in [0.15, 0.2) is 0 Å². The molecule has 1 heterocycles. The number of nitrogens with one attached hydrogen (secondary N) is 1. The molecule has 2 nitrogen and oxygen atoms in total. The first-order valence-corrected chi connectivity index (χ1v) is 8.65. The van der Waals surface area contributed by atoms with E-state index >= 15 is 0 Å². The molecule has 0 saturated heterocycles. The van der Waals surface area contributed by atoms with Crippen molar-refractivity contribution in [3.8, 4) is 0 Å². The zero-order chi connectivity index (χ0) is 13.9. The largest absolute Gasteiger partial charge is 0.307 e. The van der Waals surface area contributed by atoms with Crippen molar-refractivity contribution in [3.63, 3.8) is 0 Å². The van der Waals surface area contributed by atoms with Crippen molar-refractivity contribution < 1.29 is 0 Å². The maximum atomic E-state index is 4.36. The number of nitrogens with zero attached hydrogens (tertiary/aromatic N) is 1. The van der Waals surface area contributed by atoms with Crippen molar-refractivity contribution in [1.82, 2.24) is 5.32 Å².